The van der Waals surface area contributed by atoms with Crippen LogP contribution in [0.25, 0.3) is 32.7 Å². The minimum absolute atomic E-state index is 0.104. The Morgan fingerprint density at radius 2 is 1.70 bits per heavy atom. The monoisotopic (exact) mass is 532 g/mol. The number of para-hydroxylation sites is 2. The van der Waals surface area contributed by atoms with E-state index in [9.17, 15) is 14.7 Å². The van der Waals surface area contributed by atoms with E-state index >= 15 is 0 Å². The minimum atomic E-state index is -1.14. The number of hydrogen-bond donors (Lipinski definition) is 3. The number of carboxylic acids is 1. The molecule has 0 radical (unpaired) electrons. The van der Waals surface area contributed by atoms with Crippen LogP contribution in [0, 0.1) is 0 Å². The van der Waals surface area contributed by atoms with Gasteiger partial charge in [-0.15, -0.1) is 0 Å². The summed E-state index contributed by atoms with van der Waals surface area (Å²) < 4.78 is 7.57. The van der Waals surface area contributed by atoms with Crippen LogP contribution in [0.1, 0.15) is 28.5 Å². The second kappa shape index (κ2) is 10.6. The molecular weight excluding hydrogens is 504 g/mol. The number of fused-ring (bicyclic) bond motifs is 4. The highest BCUT2D eigenvalue weighted by Crippen LogP contribution is 2.35. The van der Waals surface area contributed by atoms with Gasteiger partial charge in [0.15, 0.2) is 11.5 Å². The summed E-state index contributed by atoms with van der Waals surface area (Å²) in [5.74, 6) is -1.26. The van der Waals surface area contributed by atoms with Gasteiger partial charge in [0.1, 0.15) is 6.04 Å². The topological polar surface area (TPSA) is 109 Å². The summed E-state index contributed by atoms with van der Waals surface area (Å²) >= 11 is 0. The van der Waals surface area contributed by atoms with Crippen molar-refractivity contribution in [3.8, 4) is 0 Å². The summed E-state index contributed by atoms with van der Waals surface area (Å²) in [6.45, 7) is 2.53. The van der Waals surface area contributed by atoms with Crippen molar-refractivity contribution in [2.45, 2.75) is 25.9 Å². The SMILES string of the molecule is CCOC(=O)[C@H](Cc1c[nH]c2ccccc12)Nc1nc(C(=O)O)cc2c3ccccc3n(Cc3ccccc3)c12. The number of rotatable bonds is 9. The zero-order chi connectivity index (χ0) is 27.6. The number of nitrogens with one attached hydrogen (secondary N) is 2. The zero-order valence-electron chi connectivity index (χ0n) is 21.9. The summed E-state index contributed by atoms with van der Waals surface area (Å²) in [6.07, 6.45) is 2.21. The number of carboxylic acid groups (broad SMARTS) is 1. The van der Waals surface area contributed by atoms with Crippen molar-refractivity contribution in [2.75, 3.05) is 11.9 Å². The van der Waals surface area contributed by atoms with Crippen LogP contribution >= 0.6 is 0 Å². The van der Waals surface area contributed by atoms with Crippen LogP contribution in [0.3, 0.4) is 0 Å². The molecule has 0 spiro atoms. The quantitative estimate of drug-likeness (QED) is 0.197. The van der Waals surface area contributed by atoms with Gasteiger partial charge in [-0.1, -0.05) is 66.7 Å². The Morgan fingerprint density at radius 3 is 2.48 bits per heavy atom. The molecule has 8 heteroatoms. The molecule has 0 bridgehead atoms. The van der Waals surface area contributed by atoms with Gasteiger partial charge in [-0.2, -0.15) is 0 Å². The van der Waals surface area contributed by atoms with Gasteiger partial charge in [0.25, 0.3) is 0 Å². The molecule has 0 aliphatic heterocycles. The lowest BCUT2D eigenvalue weighted by atomic mass is 10.0. The number of H-pyrrole nitrogens is 1. The molecule has 0 aliphatic carbocycles. The average molecular weight is 533 g/mol. The van der Waals surface area contributed by atoms with Gasteiger partial charge in [-0.05, 0) is 36.2 Å². The molecule has 8 nitrogen and oxygen atoms in total. The molecule has 0 unspecified atom stereocenters. The second-order valence-electron chi connectivity index (χ2n) is 9.66. The Labute approximate surface area is 230 Å². The largest absolute Gasteiger partial charge is 0.477 e. The number of ether oxygens (including phenoxy) is 1. The highest BCUT2D eigenvalue weighted by Gasteiger charge is 2.26. The number of pyridine rings is 1. The molecular formula is C32H28N4O4. The summed E-state index contributed by atoms with van der Waals surface area (Å²) in [7, 11) is 0. The summed E-state index contributed by atoms with van der Waals surface area (Å²) in [4.78, 5) is 33.2. The molecule has 0 saturated heterocycles. The van der Waals surface area contributed by atoms with Crippen molar-refractivity contribution in [2.24, 2.45) is 0 Å². The van der Waals surface area contributed by atoms with Crippen LogP contribution in [-0.4, -0.2) is 44.2 Å². The van der Waals surface area contributed by atoms with E-state index in [1.54, 1.807) is 13.0 Å². The van der Waals surface area contributed by atoms with Crippen molar-refractivity contribution in [3.05, 3.63) is 108 Å². The number of aromatic nitrogens is 3. The standard InChI is InChI=1S/C32H28N4O4/c1-2-40-32(39)27(16-21-18-33-25-14-8-6-12-22(21)25)35-30-29-24(17-26(34-30)31(37)38)23-13-7-9-15-28(23)36(29)19-20-10-4-3-5-11-20/h3-15,17-18,27,33H,2,16,19H2,1H3,(H,34,35)(H,37,38)/t27-/m0/s1. The van der Waals surface area contributed by atoms with Gasteiger partial charge < -0.3 is 24.7 Å². The number of anilines is 1. The molecule has 6 rings (SSSR count). The molecule has 40 heavy (non-hydrogen) atoms. The molecule has 200 valence electrons. The first-order valence-electron chi connectivity index (χ1n) is 13.2. The van der Waals surface area contributed by atoms with Gasteiger partial charge in [-0.3, -0.25) is 0 Å². The normalized spacial score (nSPS) is 12.1. The first-order chi connectivity index (χ1) is 19.5. The number of aromatic carboxylic acids is 1. The molecule has 1 atom stereocenters. The zero-order valence-corrected chi connectivity index (χ0v) is 21.9. The van der Waals surface area contributed by atoms with Gasteiger partial charge in [0, 0.05) is 46.4 Å². The molecule has 3 heterocycles. The Hall–Kier alpha value is -5.11. The van der Waals surface area contributed by atoms with Crippen molar-refractivity contribution in [1.82, 2.24) is 14.5 Å². The maximum Gasteiger partial charge on any atom is 0.354 e. The first kappa shape index (κ1) is 25.2. The van der Waals surface area contributed by atoms with Crippen LogP contribution in [0.2, 0.25) is 0 Å². The minimum Gasteiger partial charge on any atom is -0.477 e. The van der Waals surface area contributed by atoms with E-state index in [4.69, 9.17) is 4.74 Å². The molecule has 6 aromatic rings. The predicted octanol–water partition coefficient (Wildman–Crippen LogP) is 6.00. The lowest BCUT2D eigenvalue weighted by Crippen LogP contribution is -2.34. The van der Waals surface area contributed by atoms with E-state index in [2.05, 4.69) is 19.9 Å². The van der Waals surface area contributed by atoms with Gasteiger partial charge in [-0.25, -0.2) is 14.6 Å². The van der Waals surface area contributed by atoms with E-state index in [0.29, 0.717) is 18.8 Å². The van der Waals surface area contributed by atoms with Gasteiger partial charge in [0.05, 0.1) is 12.1 Å². The summed E-state index contributed by atoms with van der Waals surface area (Å²) in [5, 5.41) is 15.9. The van der Waals surface area contributed by atoms with E-state index in [0.717, 1.165) is 43.8 Å². The lowest BCUT2D eigenvalue weighted by molar-refractivity contribution is -0.144. The Bertz CT molecular complexity index is 1860. The third-order valence-electron chi connectivity index (χ3n) is 7.13. The Morgan fingerprint density at radius 1 is 0.975 bits per heavy atom. The van der Waals surface area contributed by atoms with E-state index in [1.807, 2.05) is 85.1 Å². The van der Waals surface area contributed by atoms with Gasteiger partial charge in [0.2, 0.25) is 0 Å². The smallest absolute Gasteiger partial charge is 0.354 e. The Kier molecular flexibility index (Phi) is 6.66. The number of benzene rings is 3. The van der Waals surface area contributed by atoms with Crippen LogP contribution in [0.15, 0.2) is 91.1 Å². The van der Waals surface area contributed by atoms with Crippen LogP contribution in [-0.2, 0) is 22.5 Å². The Balaban J connectivity index is 1.52. The van der Waals surface area contributed by atoms with Crippen molar-refractivity contribution >= 4 is 50.5 Å². The van der Waals surface area contributed by atoms with E-state index in [1.165, 1.54) is 0 Å². The van der Waals surface area contributed by atoms with Crippen molar-refractivity contribution in [1.29, 1.82) is 0 Å². The van der Waals surface area contributed by atoms with E-state index in [-0.39, 0.29) is 12.3 Å². The number of nitrogens with zero attached hydrogens (tertiary/aromatic N) is 2. The maximum absolute atomic E-state index is 13.3. The molecule has 0 fully saturated rings. The first-order valence-corrected chi connectivity index (χ1v) is 13.2. The highest BCUT2D eigenvalue weighted by atomic mass is 16.5. The molecule has 3 aromatic heterocycles. The molecule has 0 aliphatic rings. The molecule has 0 saturated carbocycles. The third-order valence-corrected chi connectivity index (χ3v) is 7.13. The maximum atomic E-state index is 13.3. The number of hydrogen-bond acceptors (Lipinski definition) is 5. The molecule has 3 N–H and O–H groups in total. The van der Waals surface area contributed by atoms with Crippen molar-refractivity contribution < 1.29 is 19.4 Å². The van der Waals surface area contributed by atoms with Crippen LogP contribution < -0.4 is 5.32 Å². The fourth-order valence-corrected chi connectivity index (χ4v) is 5.34. The van der Waals surface area contributed by atoms with Gasteiger partial charge >= 0.3 is 11.9 Å². The van der Waals surface area contributed by atoms with E-state index < -0.39 is 18.0 Å². The van der Waals surface area contributed by atoms with Crippen LogP contribution in [0.4, 0.5) is 5.82 Å². The lowest BCUT2D eigenvalue weighted by Gasteiger charge is -2.20. The fourth-order valence-electron chi connectivity index (χ4n) is 5.34. The van der Waals surface area contributed by atoms with Crippen LogP contribution in [0.5, 0.6) is 0 Å². The predicted molar refractivity (Wildman–Crippen MR) is 156 cm³/mol. The summed E-state index contributed by atoms with van der Waals surface area (Å²) in [5.41, 5.74) is 4.56. The highest BCUT2D eigenvalue weighted by molar-refractivity contribution is 6.13. The van der Waals surface area contributed by atoms with Crippen molar-refractivity contribution in [3.63, 3.8) is 0 Å². The number of aromatic amines is 1. The number of carbonyl (C=O) groups is 2. The fraction of sp³-hybridized carbons (Fsp3) is 0.156. The molecule has 0 amide bonds. The average Bonchev–Trinajstić information content (AvgIpc) is 3.52. The number of esters is 1. The second-order valence-corrected chi connectivity index (χ2v) is 9.66. The summed E-state index contributed by atoms with van der Waals surface area (Å²) in [6, 6.07) is 26.6. The molecule has 3 aromatic carbocycles. The number of carbonyl (C=O) groups excluding carboxylic acids is 1. The third kappa shape index (κ3) is 4.64.